The summed E-state index contributed by atoms with van der Waals surface area (Å²) in [5.74, 6) is 0. The SMILES string of the molecule is c1ccc(-c2ccc(N(c3ccc(-c4ccc5c(ccc6c7ccccc7ccc56)c4)cc3)c3cccc(-c4cccc5c4sc4ccccc45)c3)cc2)cc1. The summed E-state index contributed by atoms with van der Waals surface area (Å²) in [6.45, 7) is 0. The largest absolute Gasteiger partial charge is 0.310 e. The molecule has 10 aromatic carbocycles. The molecule has 0 fully saturated rings. The van der Waals surface area contributed by atoms with E-state index < -0.39 is 0 Å². The average Bonchev–Trinajstić information content (AvgIpc) is 3.66. The minimum atomic E-state index is 1.11. The maximum atomic E-state index is 2.38. The van der Waals surface area contributed by atoms with Crippen molar-refractivity contribution in [3.63, 3.8) is 0 Å². The molecule has 0 bridgehead atoms. The van der Waals surface area contributed by atoms with Crippen molar-refractivity contribution < 1.29 is 0 Å². The number of nitrogens with zero attached hydrogens (tertiary/aromatic N) is 1. The molecule has 0 N–H and O–H groups in total. The molecule has 11 rings (SSSR count). The number of anilines is 3. The Bertz CT molecular complexity index is 3230. The smallest absolute Gasteiger partial charge is 0.0467 e. The molecule has 2 heteroatoms. The van der Waals surface area contributed by atoms with E-state index in [1.807, 2.05) is 11.3 Å². The zero-order valence-electron chi connectivity index (χ0n) is 30.6. The lowest BCUT2D eigenvalue weighted by atomic mass is 9.95. The van der Waals surface area contributed by atoms with Crippen LogP contribution in [0.3, 0.4) is 0 Å². The predicted molar refractivity (Wildman–Crippen MR) is 243 cm³/mol. The van der Waals surface area contributed by atoms with Gasteiger partial charge in [0, 0.05) is 37.2 Å². The second-order valence-corrected chi connectivity index (χ2v) is 15.6. The van der Waals surface area contributed by atoms with Crippen LogP contribution >= 0.6 is 11.3 Å². The van der Waals surface area contributed by atoms with Gasteiger partial charge in [0.15, 0.2) is 0 Å². The topological polar surface area (TPSA) is 3.24 Å². The first-order chi connectivity index (χ1) is 27.7. The van der Waals surface area contributed by atoms with Gasteiger partial charge in [-0.15, -0.1) is 11.3 Å². The molecule has 262 valence electrons. The number of thiophene rings is 1. The number of fused-ring (bicyclic) bond motifs is 8. The molecule has 1 nitrogen and oxygen atoms in total. The van der Waals surface area contributed by atoms with Crippen LogP contribution in [0, 0.1) is 0 Å². The van der Waals surface area contributed by atoms with Crippen molar-refractivity contribution in [3.8, 4) is 33.4 Å². The Morgan fingerprint density at radius 2 is 0.839 bits per heavy atom. The van der Waals surface area contributed by atoms with E-state index in [1.165, 1.54) is 85.9 Å². The van der Waals surface area contributed by atoms with Gasteiger partial charge in [-0.2, -0.15) is 0 Å². The Hall–Kier alpha value is -7.00. The molecule has 0 radical (unpaired) electrons. The molecule has 1 heterocycles. The Kier molecular flexibility index (Phi) is 7.75. The molecule has 0 spiro atoms. The lowest BCUT2D eigenvalue weighted by Crippen LogP contribution is -2.10. The van der Waals surface area contributed by atoms with Crippen molar-refractivity contribution in [2.75, 3.05) is 4.90 Å². The molecule has 56 heavy (non-hydrogen) atoms. The summed E-state index contributed by atoms with van der Waals surface area (Å²) in [4.78, 5) is 2.38. The second-order valence-electron chi connectivity index (χ2n) is 14.5. The molecule has 0 aliphatic rings. The molecule has 0 unspecified atom stereocenters. The first-order valence-corrected chi connectivity index (χ1v) is 20.0. The van der Waals surface area contributed by atoms with Crippen LogP contribution < -0.4 is 4.90 Å². The predicted octanol–water partition coefficient (Wildman–Crippen LogP) is 16.0. The maximum Gasteiger partial charge on any atom is 0.0467 e. The fourth-order valence-electron chi connectivity index (χ4n) is 8.48. The number of rotatable bonds is 6. The van der Waals surface area contributed by atoms with Crippen LogP contribution in [0.1, 0.15) is 0 Å². The molecular weight excluding hydrogens is 695 g/mol. The summed E-state index contributed by atoms with van der Waals surface area (Å²) in [7, 11) is 0. The van der Waals surface area contributed by atoms with E-state index in [0.29, 0.717) is 0 Å². The fourth-order valence-corrected chi connectivity index (χ4v) is 9.72. The van der Waals surface area contributed by atoms with Crippen molar-refractivity contribution in [2.24, 2.45) is 0 Å². The van der Waals surface area contributed by atoms with Crippen LogP contribution in [-0.4, -0.2) is 0 Å². The summed E-state index contributed by atoms with van der Waals surface area (Å²) in [5, 5.41) is 10.3. The lowest BCUT2D eigenvalue weighted by Gasteiger charge is -2.26. The van der Waals surface area contributed by atoms with Gasteiger partial charge >= 0.3 is 0 Å². The molecule has 0 aliphatic heterocycles. The van der Waals surface area contributed by atoms with E-state index in [-0.39, 0.29) is 0 Å². The highest BCUT2D eigenvalue weighted by atomic mass is 32.1. The summed E-state index contributed by atoms with van der Waals surface area (Å²) in [6.07, 6.45) is 0. The highest BCUT2D eigenvalue weighted by Gasteiger charge is 2.16. The van der Waals surface area contributed by atoms with E-state index in [4.69, 9.17) is 0 Å². The molecule has 0 saturated heterocycles. The summed E-state index contributed by atoms with van der Waals surface area (Å²) < 4.78 is 2.64. The monoisotopic (exact) mass is 729 g/mol. The van der Waals surface area contributed by atoms with Crippen LogP contribution in [0.25, 0.3) is 85.9 Å². The van der Waals surface area contributed by atoms with E-state index in [2.05, 4.69) is 217 Å². The first kappa shape index (κ1) is 32.4. The molecule has 0 amide bonds. The van der Waals surface area contributed by atoms with Gasteiger partial charge in [-0.3, -0.25) is 0 Å². The molecule has 0 saturated carbocycles. The van der Waals surface area contributed by atoms with Crippen molar-refractivity contribution in [2.45, 2.75) is 0 Å². The summed E-state index contributed by atoms with van der Waals surface area (Å²) in [5.41, 5.74) is 10.6. The van der Waals surface area contributed by atoms with Crippen molar-refractivity contribution in [1.82, 2.24) is 0 Å². The fraction of sp³-hybridized carbons (Fsp3) is 0. The summed E-state index contributed by atoms with van der Waals surface area (Å²) >= 11 is 1.88. The van der Waals surface area contributed by atoms with E-state index >= 15 is 0 Å². The third kappa shape index (κ3) is 5.54. The quantitative estimate of drug-likeness (QED) is 0.154. The zero-order chi connectivity index (χ0) is 37.0. The van der Waals surface area contributed by atoms with Gasteiger partial charge < -0.3 is 4.90 Å². The maximum absolute atomic E-state index is 2.38. The summed E-state index contributed by atoms with van der Waals surface area (Å²) in [6, 6.07) is 77.6. The number of hydrogen-bond donors (Lipinski definition) is 0. The van der Waals surface area contributed by atoms with Gasteiger partial charge in [-0.05, 0) is 114 Å². The Morgan fingerprint density at radius 3 is 1.62 bits per heavy atom. The zero-order valence-corrected chi connectivity index (χ0v) is 31.4. The Labute approximate surface area is 330 Å². The van der Waals surface area contributed by atoms with Gasteiger partial charge in [-0.1, -0.05) is 164 Å². The second kappa shape index (κ2) is 13.4. The van der Waals surface area contributed by atoms with Gasteiger partial charge in [-0.25, -0.2) is 0 Å². The van der Waals surface area contributed by atoms with E-state index in [1.54, 1.807) is 0 Å². The normalized spacial score (nSPS) is 11.6. The third-order valence-corrected chi connectivity index (χ3v) is 12.5. The van der Waals surface area contributed by atoms with Crippen molar-refractivity contribution >= 4 is 80.9 Å². The third-order valence-electron chi connectivity index (χ3n) is 11.3. The first-order valence-electron chi connectivity index (χ1n) is 19.2. The van der Waals surface area contributed by atoms with Crippen LogP contribution in [0.4, 0.5) is 17.1 Å². The van der Waals surface area contributed by atoms with Gasteiger partial charge in [0.2, 0.25) is 0 Å². The molecule has 0 aliphatic carbocycles. The number of hydrogen-bond acceptors (Lipinski definition) is 2. The highest BCUT2D eigenvalue weighted by molar-refractivity contribution is 7.26. The van der Waals surface area contributed by atoms with Gasteiger partial charge in [0.05, 0.1) is 0 Å². The van der Waals surface area contributed by atoms with Crippen LogP contribution in [0.2, 0.25) is 0 Å². The van der Waals surface area contributed by atoms with Crippen LogP contribution in [0.15, 0.2) is 212 Å². The number of benzene rings is 10. The minimum Gasteiger partial charge on any atom is -0.310 e. The van der Waals surface area contributed by atoms with E-state index in [0.717, 1.165) is 17.1 Å². The van der Waals surface area contributed by atoms with Crippen molar-refractivity contribution in [1.29, 1.82) is 0 Å². The Balaban J connectivity index is 0.996. The van der Waals surface area contributed by atoms with E-state index in [9.17, 15) is 0 Å². The standard InChI is InChI=1S/C54H35NS/c1-2-10-36(11-3-1)37-20-27-43(28-21-37)55(45-14-8-13-41(35-45)48-17-9-18-52-51-16-6-7-19-53(51)56-54(48)52)44-29-22-38(23-30-44)40-25-31-47-42(34-40)26-33-49-46-15-5-4-12-39(46)24-32-50(47)49/h1-35H. The van der Waals surface area contributed by atoms with Crippen LogP contribution in [-0.2, 0) is 0 Å². The van der Waals surface area contributed by atoms with Gasteiger partial charge in [0.1, 0.15) is 0 Å². The molecule has 1 aromatic heterocycles. The van der Waals surface area contributed by atoms with Crippen LogP contribution in [0.5, 0.6) is 0 Å². The van der Waals surface area contributed by atoms with Gasteiger partial charge in [0.25, 0.3) is 0 Å². The lowest BCUT2D eigenvalue weighted by molar-refractivity contribution is 1.28. The highest BCUT2D eigenvalue weighted by Crippen LogP contribution is 2.43. The molecule has 0 atom stereocenters. The molecule has 11 aromatic rings. The minimum absolute atomic E-state index is 1.11. The Morgan fingerprint density at radius 1 is 0.286 bits per heavy atom. The average molecular weight is 730 g/mol. The molecular formula is C54H35NS. The van der Waals surface area contributed by atoms with Crippen molar-refractivity contribution in [3.05, 3.63) is 212 Å².